The Hall–Kier alpha value is -6.55. The first-order valence-corrected chi connectivity index (χ1v) is 19.3. The van der Waals surface area contributed by atoms with Crippen LogP contribution in [0.3, 0.4) is 0 Å². The van der Waals surface area contributed by atoms with Gasteiger partial charge in [-0.2, -0.15) is 18.2 Å². The average Bonchev–Trinajstić information content (AvgIpc) is 3.89. The van der Waals surface area contributed by atoms with Crippen LogP contribution in [0.5, 0.6) is 11.5 Å². The Labute approximate surface area is 367 Å². The molecule has 0 aliphatic rings. The van der Waals surface area contributed by atoms with Crippen molar-refractivity contribution >= 4 is 32.8 Å². The summed E-state index contributed by atoms with van der Waals surface area (Å²) >= 11 is 0. The molecule has 1 unspecified atom stereocenters. The van der Waals surface area contributed by atoms with E-state index in [-0.39, 0.29) is 84.5 Å². The van der Waals surface area contributed by atoms with E-state index in [4.69, 9.17) is 10.2 Å². The molecule has 0 fully saturated rings. The normalized spacial score (nSPS) is 13.4. The number of nitrogens with zero attached hydrogens (tertiary/aromatic N) is 4. The van der Waals surface area contributed by atoms with E-state index in [1.54, 1.807) is 16.8 Å². The molecule has 10 rings (SSSR count). The van der Waals surface area contributed by atoms with Crippen molar-refractivity contribution in [2.24, 2.45) is 5.92 Å². The summed E-state index contributed by atoms with van der Waals surface area (Å²) in [5.41, 5.74) is 8.94. The number of aromatic nitrogens is 4. The van der Waals surface area contributed by atoms with E-state index in [9.17, 15) is 2.74 Å². The fraction of sp³-hybridized carbons (Fsp3) is 0.0943. The maximum Gasteiger partial charge on any atom is 0.268 e. The van der Waals surface area contributed by atoms with E-state index < -0.39 is 12.1 Å². The van der Waals surface area contributed by atoms with Crippen LogP contribution >= 0.6 is 0 Å². The van der Waals surface area contributed by atoms with Gasteiger partial charge in [-0.05, 0) is 70.3 Å². The summed E-state index contributed by atoms with van der Waals surface area (Å²) in [6.07, 6.45) is 5.33. The van der Waals surface area contributed by atoms with Gasteiger partial charge in [0, 0.05) is 45.6 Å². The number of hydrogen-bond donors (Lipinski definition) is 0. The Morgan fingerprint density at radius 1 is 0.661 bits per heavy atom. The number of benzene rings is 7. The van der Waals surface area contributed by atoms with Gasteiger partial charge in [0.25, 0.3) is 6.33 Å². The van der Waals surface area contributed by atoms with Gasteiger partial charge in [-0.25, -0.2) is 4.98 Å². The quantitative estimate of drug-likeness (QED) is 0.107. The van der Waals surface area contributed by atoms with E-state index in [2.05, 4.69) is 97.3 Å². The number of hydrogen-bond acceptors (Lipinski definition) is 2. The van der Waals surface area contributed by atoms with Crippen LogP contribution in [0.15, 0.2) is 176 Å². The van der Waals surface area contributed by atoms with Gasteiger partial charge in [0.15, 0.2) is 0 Å². The van der Waals surface area contributed by atoms with E-state index >= 15 is 0 Å². The van der Waals surface area contributed by atoms with Crippen molar-refractivity contribution in [2.45, 2.75) is 26.7 Å². The van der Waals surface area contributed by atoms with Crippen molar-refractivity contribution in [1.29, 1.82) is 0 Å². The molecule has 0 bridgehead atoms. The van der Waals surface area contributed by atoms with Gasteiger partial charge >= 0.3 is 0 Å². The van der Waals surface area contributed by atoms with Gasteiger partial charge in [0.1, 0.15) is 5.82 Å². The average molecular weight is 950 g/mol. The first-order chi connectivity index (χ1) is 31.0. The van der Waals surface area contributed by atoms with Crippen molar-refractivity contribution in [2.75, 3.05) is 0 Å². The third kappa shape index (κ3) is 6.96. The molecule has 0 N–H and O–H groups in total. The van der Waals surface area contributed by atoms with E-state index in [0.717, 1.165) is 44.5 Å². The molecule has 0 saturated heterocycles. The zero-order valence-electron chi connectivity index (χ0n) is 38.4. The number of pyridine rings is 1. The van der Waals surface area contributed by atoms with Crippen LogP contribution in [0, 0.1) is 24.4 Å². The first-order valence-electron chi connectivity index (χ1n) is 22.3. The van der Waals surface area contributed by atoms with Crippen LogP contribution in [0.1, 0.15) is 40.5 Å². The van der Waals surface area contributed by atoms with Crippen LogP contribution in [0.4, 0.5) is 0 Å². The fourth-order valence-corrected chi connectivity index (χ4v) is 7.63. The SMILES string of the molecule is [2H]c1c(Oc2[c-]c(-n3[c-][n+](-c4c(-c5ccccc5)cccc4-c4ccccc4)c4ccccc43)ccc2)[c-]c2c(c1[2H])c1c([2H])c([2H])c([2H])c([2H])c1n2-c1cc(C(C)C(C)C)ccn1.[Pt]. The second kappa shape index (κ2) is 16.0. The van der Waals surface area contributed by atoms with Gasteiger partial charge in [0.05, 0.1) is 22.2 Å². The Morgan fingerprint density at radius 2 is 1.36 bits per heavy atom. The van der Waals surface area contributed by atoms with Crippen LogP contribution in [-0.4, -0.2) is 14.1 Å². The third-order valence-corrected chi connectivity index (χ3v) is 10.9. The summed E-state index contributed by atoms with van der Waals surface area (Å²) in [7, 11) is 0. The molecule has 3 aromatic heterocycles. The van der Waals surface area contributed by atoms with Crippen molar-refractivity contribution in [3.05, 3.63) is 200 Å². The molecule has 0 amide bonds. The first kappa shape index (κ1) is 31.4. The molecule has 10 aromatic rings. The van der Waals surface area contributed by atoms with Crippen LogP contribution in [-0.2, 0) is 21.1 Å². The second-order valence-electron chi connectivity index (χ2n) is 14.7. The molecule has 1 atom stereocenters. The smallest absolute Gasteiger partial charge is 0.268 e. The van der Waals surface area contributed by atoms with Crippen LogP contribution in [0.25, 0.3) is 72.3 Å². The van der Waals surface area contributed by atoms with E-state index in [1.807, 2.05) is 83.4 Å². The topological polar surface area (TPSA) is 35.9 Å². The Morgan fingerprint density at radius 3 is 2.10 bits per heavy atom. The molecule has 290 valence electrons. The summed E-state index contributed by atoms with van der Waals surface area (Å²) in [5, 5.41) is 0.275. The van der Waals surface area contributed by atoms with Gasteiger partial charge in [-0.15, -0.1) is 29.6 Å². The minimum absolute atomic E-state index is 0. The largest absolute Gasteiger partial charge is 0.510 e. The van der Waals surface area contributed by atoms with Gasteiger partial charge in [-0.3, -0.25) is 4.57 Å². The summed E-state index contributed by atoms with van der Waals surface area (Å²) in [6.45, 7) is 6.39. The van der Waals surface area contributed by atoms with E-state index in [1.165, 1.54) is 0 Å². The Bertz CT molecular complexity index is 3390. The molecule has 0 saturated carbocycles. The molecular formula is C53H40N4OPt-2. The number of fused-ring (bicyclic) bond motifs is 4. The summed E-state index contributed by atoms with van der Waals surface area (Å²) in [5.74, 6) is 1.06. The maximum atomic E-state index is 9.33. The van der Waals surface area contributed by atoms with Crippen LogP contribution in [0.2, 0.25) is 0 Å². The van der Waals surface area contributed by atoms with Crippen molar-refractivity contribution in [3.8, 4) is 50.9 Å². The summed E-state index contributed by atoms with van der Waals surface area (Å²) in [6, 6.07) is 48.9. The molecular weight excluding hydrogens is 904 g/mol. The number of ether oxygens (including phenoxy) is 1. The Balaban J connectivity index is 0.00000533. The van der Waals surface area contributed by atoms with E-state index in [0.29, 0.717) is 17.4 Å². The van der Waals surface area contributed by atoms with Crippen LogP contribution < -0.4 is 9.30 Å². The molecule has 0 aliphatic heterocycles. The fourth-order valence-electron chi connectivity index (χ4n) is 7.63. The molecule has 5 nitrogen and oxygen atoms in total. The molecule has 3 heterocycles. The summed E-state index contributed by atoms with van der Waals surface area (Å²) < 4.78 is 65.7. The van der Waals surface area contributed by atoms with Gasteiger partial charge in [-0.1, -0.05) is 148 Å². The van der Waals surface area contributed by atoms with Crippen molar-refractivity contribution in [1.82, 2.24) is 14.1 Å². The summed E-state index contributed by atoms with van der Waals surface area (Å²) in [4.78, 5) is 4.68. The second-order valence-corrected chi connectivity index (χ2v) is 14.7. The predicted octanol–water partition coefficient (Wildman–Crippen LogP) is 12.7. The van der Waals surface area contributed by atoms with Crippen molar-refractivity contribution in [3.63, 3.8) is 0 Å². The third-order valence-electron chi connectivity index (χ3n) is 10.9. The van der Waals surface area contributed by atoms with Gasteiger partial charge in [0.2, 0.25) is 0 Å². The minimum atomic E-state index is -0.431. The number of imidazole rings is 1. The Kier molecular flexibility index (Phi) is 8.53. The minimum Gasteiger partial charge on any atom is -0.510 e. The zero-order chi connectivity index (χ0) is 44.4. The molecule has 6 heteroatoms. The molecule has 7 aromatic carbocycles. The molecule has 0 radical (unpaired) electrons. The molecule has 0 aliphatic carbocycles. The predicted molar refractivity (Wildman–Crippen MR) is 234 cm³/mol. The number of para-hydroxylation sites is 4. The molecule has 59 heavy (non-hydrogen) atoms. The monoisotopic (exact) mass is 949 g/mol. The zero-order valence-corrected chi connectivity index (χ0v) is 34.7. The van der Waals surface area contributed by atoms with Gasteiger partial charge < -0.3 is 13.9 Å². The maximum absolute atomic E-state index is 9.33. The van der Waals surface area contributed by atoms with Crippen molar-refractivity contribution < 1.29 is 38.6 Å². The standard InChI is InChI=1S/C53H40N4O.Pt/c1-36(2)37(3)40-30-31-54-52(32-40)57-48-25-11-10-22-46(48)47-29-28-43(34-51(47)57)58-42-21-14-20-41(33-42)55-35-56(50-27-13-12-26-49(50)55)53-44(38-16-6-4-7-17-38)23-15-24-45(53)39-18-8-5-9-19-39;/h4-32,36-37H,1-3H3;/q-2;/i10D,11D,22D,25D,28D,29D;. The molecule has 0 spiro atoms. The number of rotatable bonds is 9.